The third-order valence-electron chi connectivity index (χ3n) is 6.82. The summed E-state index contributed by atoms with van der Waals surface area (Å²) in [6.45, 7) is 8.93. The number of carbonyl (C=O) groups excluding carboxylic acids is 2. The van der Waals surface area contributed by atoms with Crippen molar-refractivity contribution in [2.24, 2.45) is 5.41 Å². The van der Waals surface area contributed by atoms with Gasteiger partial charge in [0.25, 0.3) is 0 Å². The maximum atomic E-state index is 13.6. The first kappa shape index (κ1) is 25.7. The molecule has 0 saturated carbocycles. The molecule has 0 bridgehead atoms. The van der Waals surface area contributed by atoms with Gasteiger partial charge in [0.2, 0.25) is 11.8 Å². The molecular weight excluding hydrogens is 445 g/mol. The topological polar surface area (TPSA) is 64.1 Å². The maximum absolute atomic E-state index is 13.6. The molecule has 0 spiro atoms. The van der Waals surface area contributed by atoms with Gasteiger partial charge in [0.15, 0.2) is 0 Å². The van der Waals surface area contributed by atoms with Crippen LogP contribution in [0.5, 0.6) is 0 Å². The van der Waals surface area contributed by atoms with E-state index in [9.17, 15) is 19.1 Å². The summed E-state index contributed by atoms with van der Waals surface area (Å²) in [5.41, 5.74) is 0.543. The number of carbonyl (C=O) groups is 2. The zero-order chi connectivity index (χ0) is 24.0. The van der Waals surface area contributed by atoms with Gasteiger partial charge in [0, 0.05) is 45.2 Å². The van der Waals surface area contributed by atoms with Crippen molar-refractivity contribution in [1.82, 2.24) is 14.7 Å². The van der Waals surface area contributed by atoms with E-state index < -0.39 is 5.82 Å². The maximum Gasteiger partial charge on any atom is 0.246 e. The summed E-state index contributed by atoms with van der Waals surface area (Å²) in [5.74, 6) is -0.640. The summed E-state index contributed by atoms with van der Waals surface area (Å²) in [6.07, 6.45) is 5.85. The number of aliphatic hydroxyl groups is 1. The van der Waals surface area contributed by atoms with E-state index >= 15 is 0 Å². The largest absolute Gasteiger partial charge is 0.391 e. The summed E-state index contributed by atoms with van der Waals surface area (Å²) in [7, 11) is 0. The zero-order valence-electron chi connectivity index (χ0n) is 19.6. The fourth-order valence-electron chi connectivity index (χ4n) is 4.25. The number of hydrogen-bond donors (Lipinski definition) is 1. The van der Waals surface area contributed by atoms with Crippen LogP contribution in [0.4, 0.5) is 4.39 Å². The van der Waals surface area contributed by atoms with E-state index in [2.05, 4.69) is 18.7 Å². The molecule has 2 heterocycles. The van der Waals surface area contributed by atoms with Crippen molar-refractivity contribution in [3.63, 3.8) is 0 Å². The van der Waals surface area contributed by atoms with E-state index in [1.807, 2.05) is 4.90 Å². The number of nitrogens with zero attached hydrogens (tertiary/aromatic N) is 3. The number of unbranched alkanes of at least 4 members (excludes halogenated alkanes) is 1. The van der Waals surface area contributed by atoms with Gasteiger partial charge < -0.3 is 19.8 Å². The van der Waals surface area contributed by atoms with Crippen molar-refractivity contribution in [3.8, 4) is 0 Å². The van der Waals surface area contributed by atoms with E-state index in [4.69, 9.17) is 11.6 Å². The quantitative estimate of drug-likeness (QED) is 0.480. The molecule has 0 radical (unpaired) electrons. The lowest BCUT2D eigenvalue weighted by Crippen LogP contribution is -2.48. The molecule has 2 saturated heterocycles. The van der Waals surface area contributed by atoms with Gasteiger partial charge in [-0.05, 0) is 61.5 Å². The standard InChI is InChI=1S/C25H35ClFN3O3/c1-25(2)10-14-28(18-22(25)31)11-3-4-12-29-15-16-30(13-9-24(29)33)23(32)8-6-19-5-7-20(26)21(27)17-19/h5-8,17,22,31H,3-4,9-16,18H2,1-2H3. The second kappa shape index (κ2) is 11.4. The van der Waals surface area contributed by atoms with Gasteiger partial charge in [-0.1, -0.05) is 31.5 Å². The molecule has 1 aromatic carbocycles. The predicted octanol–water partition coefficient (Wildman–Crippen LogP) is 3.43. The van der Waals surface area contributed by atoms with Crippen molar-refractivity contribution in [3.05, 3.63) is 40.7 Å². The highest BCUT2D eigenvalue weighted by Gasteiger charge is 2.33. The third-order valence-corrected chi connectivity index (χ3v) is 7.13. The van der Waals surface area contributed by atoms with Gasteiger partial charge in [-0.3, -0.25) is 9.59 Å². The predicted molar refractivity (Wildman–Crippen MR) is 128 cm³/mol. The van der Waals surface area contributed by atoms with Crippen molar-refractivity contribution < 1.29 is 19.1 Å². The van der Waals surface area contributed by atoms with Crippen LogP contribution < -0.4 is 0 Å². The molecule has 1 N–H and O–H groups in total. The van der Waals surface area contributed by atoms with E-state index in [0.717, 1.165) is 32.4 Å². The van der Waals surface area contributed by atoms with Crippen molar-refractivity contribution in [2.45, 2.75) is 45.6 Å². The first-order chi connectivity index (χ1) is 15.7. The average Bonchev–Trinajstić information content (AvgIpc) is 2.96. The SMILES string of the molecule is CC1(C)CCN(CCCCN2CCN(C(=O)C=Cc3ccc(Cl)c(F)c3)CCC2=O)CC1O. The van der Waals surface area contributed by atoms with Crippen LogP contribution >= 0.6 is 11.6 Å². The number of likely N-dealkylation sites (tertiary alicyclic amines) is 1. The molecule has 33 heavy (non-hydrogen) atoms. The molecule has 0 aromatic heterocycles. The molecule has 2 aliphatic rings. The smallest absolute Gasteiger partial charge is 0.246 e. The number of amides is 2. The van der Waals surface area contributed by atoms with Crippen LogP contribution in [0, 0.1) is 11.2 Å². The number of β-amino-alcohol motifs (C(OH)–C–C–N with tert-alkyl or cyclic N) is 1. The van der Waals surface area contributed by atoms with Crippen LogP contribution in [0.25, 0.3) is 6.08 Å². The van der Waals surface area contributed by atoms with E-state index in [0.29, 0.717) is 44.7 Å². The second-order valence-corrected chi connectivity index (χ2v) is 10.1. The van der Waals surface area contributed by atoms with Gasteiger partial charge in [-0.15, -0.1) is 0 Å². The Morgan fingerprint density at radius 3 is 2.70 bits per heavy atom. The number of hydrogen-bond acceptors (Lipinski definition) is 4. The molecule has 1 unspecified atom stereocenters. The number of piperidine rings is 1. The zero-order valence-corrected chi connectivity index (χ0v) is 20.4. The molecule has 1 atom stereocenters. The van der Waals surface area contributed by atoms with Crippen molar-refractivity contribution >= 4 is 29.5 Å². The van der Waals surface area contributed by atoms with Gasteiger partial charge in [0.05, 0.1) is 11.1 Å². The number of aliphatic hydroxyl groups excluding tert-OH is 1. The van der Waals surface area contributed by atoms with E-state index in [-0.39, 0.29) is 28.4 Å². The Morgan fingerprint density at radius 2 is 1.97 bits per heavy atom. The Bertz CT molecular complexity index is 876. The highest BCUT2D eigenvalue weighted by molar-refractivity contribution is 6.30. The monoisotopic (exact) mass is 479 g/mol. The fraction of sp³-hybridized carbons (Fsp3) is 0.600. The Morgan fingerprint density at radius 1 is 1.21 bits per heavy atom. The molecule has 3 rings (SSSR count). The fourth-order valence-corrected chi connectivity index (χ4v) is 4.37. The molecular formula is C25H35ClFN3O3. The molecule has 0 aliphatic carbocycles. The molecule has 8 heteroatoms. The Kier molecular flexibility index (Phi) is 8.90. The van der Waals surface area contributed by atoms with Gasteiger partial charge in [-0.25, -0.2) is 4.39 Å². The Labute approximate surface area is 201 Å². The summed E-state index contributed by atoms with van der Waals surface area (Å²) >= 11 is 5.69. The molecule has 1 aromatic rings. The normalized spacial score (nSPS) is 22.1. The summed E-state index contributed by atoms with van der Waals surface area (Å²) in [6, 6.07) is 4.39. The Hall–Kier alpha value is -1.96. The number of halogens is 2. The van der Waals surface area contributed by atoms with Gasteiger partial charge in [-0.2, -0.15) is 0 Å². The molecule has 2 amide bonds. The van der Waals surface area contributed by atoms with E-state index in [1.54, 1.807) is 17.0 Å². The summed E-state index contributed by atoms with van der Waals surface area (Å²) < 4.78 is 13.6. The van der Waals surface area contributed by atoms with Crippen molar-refractivity contribution in [1.29, 1.82) is 0 Å². The third kappa shape index (κ3) is 7.26. The summed E-state index contributed by atoms with van der Waals surface area (Å²) in [5, 5.41) is 10.3. The highest BCUT2D eigenvalue weighted by atomic mass is 35.5. The average molecular weight is 480 g/mol. The lowest BCUT2D eigenvalue weighted by atomic mass is 9.80. The van der Waals surface area contributed by atoms with Crippen LogP contribution in [-0.4, -0.2) is 83.5 Å². The first-order valence-corrected chi connectivity index (χ1v) is 12.1. The van der Waals surface area contributed by atoms with Crippen LogP contribution in [-0.2, 0) is 9.59 Å². The van der Waals surface area contributed by atoms with Gasteiger partial charge >= 0.3 is 0 Å². The minimum atomic E-state index is -0.525. The van der Waals surface area contributed by atoms with Crippen LogP contribution in [0.1, 0.15) is 45.1 Å². The van der Waals surface area contributed by atoms with E-state index in [1.165, 1.54) is 18.2 Å². The van der Waals surface area contributed by atoms with Gasteiger partial charge in [0.1, 0.15) is 5.82 Å². The lowest BCUT2D eigenvalue weighted by molar-refractivity contribution is -0.130. The van der Waals surface area contributed by atoms with Crippen LogP contribution in [0.15, 0.2) is 24.3 Å². The minimum Gasteiger partial charge on any atom is -0.391 e. The minimum absolute atomic E-state index is 0.0154. The molecule has 2 aliphatic heterocycles. The van der Waals surface area contributed by atoms with Crippen LogP contribution in [0.3, 0.4) is 0 Å². The first-order valence-electron chi connectivity index (χ1n) is 11.8. The second-order valence-electron chi connectivity index (χ2n) is 9.73. The van der Waals surface area contributed by atoms with Crippen LogP contribution in [0.2, 0.25) is 5.02 Å². The summed E-state index contributed by atoms with van der Waals surface area (Å²) in [4.78, 5) is 30.9. The molecule has 6 nitrogen and oxygen atoms in total. The van der Waals surface area contributed by atoms with Crippen molar-refractivity contribution in [2.75, 3.05) is 45.8 Å². The lowest BCUT2D eigenvalue weighted by Gasteiger charge is -2.41. The number of benzene rings is 1. The Balaban J connectivity index is 1.41. The molecule has 2 fully saturated rings. The number of rotatable bonds is 7. The highest BCUT2D eigenvalue weighted by Crippen LogP contribution is 2.30. The molecule has 182 valence electrons.